The molecule has 0 radical (unpaired) electrons. The quantitative estimate of drug-likeness (QED) is 0.709. The molecular weight excluding hydrogens is 294 g/mol. The zero-order valence-electron chi connectivity index (χ0n) is 11.9. The van der Waals surface area contributed by atoms with E-state index in [0.29, 0.717) is 12.2 Å². The van der Waals surface area contributed by atoms with E-state index in [1.165, 1.54) is 18.2 Å². The van der Waals surface area contributed by atoms with Crippen LogP contribution in [0.25, 0.3) is 6.08 Å². The summed E-state index contributed by atoms with van der Waals surface area (Å²) >= 11 is 0. The lowest BCUT2D eigenvalue weighted by atomic mass is 10.2. The Bertz CT molecular complexity index is 592. The van der Waals surface area contributed by atoms with Gasteiger partial charge in [-0.3, -0.25) is 0 Å². The van der Waals surface area contributed by atoms with Crippen LogP contribution >= 0.6 is 0 Å². The van der Waals surface area contributed by atoms with Crippen molar-refractivity contribution in [2.45, 2.75) is 24.8 Å². The summed E-state index contributed by atoms with van der Waals surface area (Å²) in [7, 11) is -3.59. The minimum Gasteiger partial charge on any atom is -0.478 e. The fraction of sp³-hybridized carbons (Fsp3) is 0.357. The molecule has 1 aromatic carbocycles. The molecular formula is C14H19NO5S. The third kappa shape index (κ3) is 6.07. The van der Waals surface area contributed by atoms with Crippen LogP contribution in [0.2, 0.25) is 0 Å². The van der Waals surface area contributed by atoms with Gasteiger partial charge in [-0.25, -0.2) is 17.9 Å². The Balaban J connectivity index is 2.73. The van der Waals surface area contributed by atoms with E-state index in [2.05, 4.69) is 4.72 Å². The molecule has 6 nitrogen and oxygen atoms in total. The van der Waals surface area contributed by atoms with Gasteiger partial charge in [0.15, 0.2) is 0 Å². The van der Waals surface area contributed by atoms with Gasteiger partial charge in [0, 0.05) is 19.2 Å². The number of benzene rings is 1. The summed E-state index contributed by atoms with van der Waals surface area (Å²) in [6.07, 6.45) is 2.18. The Morgan fingerprint density at radius 3 is 2.52 bits per heavy atom. The van der Waals surface area contributed by atoms with Gasteiger partial charge in [-0.15, -0.1) is 0 Å². The van der Waals surface area contributed by atoms with Crippen LogP contribution in [0.5, 0.6) is 0 Å². The van der Waals surface area contributed by atoms with Crippen LogP contribution in [0, 0.1) is 0 Å². The molecule has 0 fully saturated rings. The maximum absolute atomic E-state index is 12.0. The third-order valence-corrected chi connectivity index (χ3v) is 4.06. The maximum Gasteiger partial charge on any atom is 0.328 e. The molecule has 0 aliphatic heterocycles. The number of carboxylic acids is 1. The maximum atomic E-state index is 12.0. The molecule has 1 unspecified atom stereocenters. The Labute approximate surface area is 124 Å². The van der Waals surface area contributed by atoms with Gasteiger partial charge < -0.3 is 9.84 Å². The molecule has 0 heterocycles. The summed E-state index contributed by atoms with van der Waals surface area (Å²) in [6, 6.07) is 5.93. The lowest BCUT2D eigenvalue weighted by Crippen LogP contribution is -2.32. The lowest BCUT2D eigenvalue weighted by Gasteiger charge is -2.13. The molecule has 0 spiro atoms. The van der Waals surface area contributed by atoms with Gasteiger partial charge in [0.25, 0.3) is 0 Å². The fourth-order valence-electron chi connectivity index (χ4n) is 1.58. The minimum absolute atomic E-state index is 0.124. The van der Waals surface area contributed by atoms with Crippen molar-refractivity contribution in [3.05, 3.63) is 35.9 Å². The van der Waals surface area contributed by atoms with E-state index in [9.17, 15) is 13.2 Å². The Kier molecular flexibility index (Phi) is 6.54. The first-order valence-electron chi connectivity index (χ1n) is 6.47. The van der Waals surface area contributed by atoms with Gasteiger partial charge in [0.05, 0.1) is 11.0 Å². The highest BCUT2D eigenvalue weighted by atomic mass is 32.2. The minimum atomic E-state index is -3.59. The van der Waals surface area contributed by atoms with Crippen LogP contribution in [0.4, 0.5) is 0 Å². The summed E-state index contributed by atoms with van der Waals surface area (Å²) in [5.74, 6) is -1.06. The van der Waals surface area contributed by atoms with Crippen molar-refractivity contribution < 1.29 is 23.1 Å². The molecule has 116 valence electrons. The van der Waals surface area contributed by atoms with Crippen LogP contribution in [0.3, 0.4) is 0 Å². The highest BCUT2D eigenvalue weighted by Gasteiger charge is 2.14. The van der Waals surface area contributed by atoms with Crippen molar-refractivity contribution in [1.29, 1.82) is 0 Å². The van der Waals surface area contributed by atoms with Crippen LogP contribution in [-0.4, -0.2) is 38.7 Å². The van der Waals surface area contributed by atoms with Crippen molar-refractivity contribution in [3.63, 3.8) is 0 Å². The summed E-state index contributed by atoms with van der Waals surface area (Å²) in [4.78, 5) is 10.5. The number of aliphatic carboxylic acids is 1. The third-order valence-electron chi connectivity index (χ3n) is 2.62. The van der Waals surface area contributed by atoms with Gasteiger partial charge in [-0.2, -0.15) is 0 Å². The summed E-state index contributed by atoms with van der Waals surface area (Å²) < 4.78 is 31.8. The van der Waals surface area contributed by atoms with E-state index in [1.807, 2.05) is 6.92 Å². The van der Waals surface area contributed by atoms with Gasteiger partial charge in [-0.1, -0.05) is 12.1 Å². The zero-order valence-corrected chi connectivity index (χ0v) is 12.8. The molecule has 1 rings (SSSR count). The number of carbonyl (C=O) groups is 1. The highest BCUT2D eigenvalue weighted by molar-refractivity contribution is 7.89. The number of carboxylic acid groups (broad SMARTS) is 1. The smallest absolute Gasteiger partial charge is 0.328 e. The zero-order chi connectivity index (χ0) is 15.9. The number of hydrogen-bond acceptors (Lipinski definition) is 4. The van der Waals surface area contributed by atoms with E-state index in [-0.39, 0.29) is 17.5 Å². The predicted octanol–water partition coefficient (Wildman–Crippen LogP) is 1.49. The fourth-order valence-corrected chi connectivity index (χ4v) is 2.69. The molecule has 0 saturated heterocycles. The second-order valence-electron chi connectivity index (χ2n) is 4.36. The van der Waals surface area contributed by atoms with Crippen LogP contribution < -0.4 is 4.72 Å². The van der Waals surface area contributed by atoms with Crippen molar-refractivity contribution >= 4 is 22.1 Å². The number of nitrogens with one attached hydrogen (secondary N) is 1. The molecule has 21 heavy (non-hydrogen) atoms. The molecule has 2 N–H and O–H groups in total. The Hall–Kier alpha value is -1.70. The van der Waals surface area contributed by atoms with Gasteiger partial charge in [-0.05, 0) is 37.6 Å². The van der Waals surface area contributed by atoms with E-state index in [1.54, 1.807) is 19.1 Å². The van der Waals surface area contributed by atoms with Crippen LogP contribution in [-0.2, 0) is 19.6 Å². The molecule has 1 atom stereocenters. The summed E-state index contributed by atoms with van der Waals surface area (Å²) in [5.41, 5.74) is 0.610. The molecule has 0 aromatic heterocycles. The predicted molar refractivity (Wildman–Crippen MR) is 79.4 cm³/mol. The largest absolute Gasteiger partial charge is 0.478 e. The molecule has 7 heteroatoms. The van der Waals surface area contributed by atoms with E-state index in [0.717, 1.165) is 6.08 Å². The SMILES string of the molecule is CCOC(C)CNS(=O)(=O)c1ccc(/C=C/C(=O)O)cc1. The number of hydrogen-bond donors (Lipinski definition) is 2. The molecule has 0 bridgehead atoms. The average molecular weight is 313 g/mol. The van der Waals surface area contributed by atoms with Crippen LogP contribution in [0.15, 0.2) is 35.2 Å². The summed E-state index contributed by atoms with van der Waals surface area (Å²) in [6.45, 7) is 4.34. The second kappa shape index (κ2) is 7.92. The van der Waals surface area contributed by atoms with E-state index >= 15 is 0 Å². The topological polar surface area (TPSA) is 92.7 Å². The molecule has 0 aliphatic rings. The average Bonchev–Trinajstić information content (AvgIpc) is 2.44. The van der Waals surface area contributed by atoms with E-state index in [4.69, 9.17) is 9.84 Å². The van der Waals surface area contributed by atoms with Crippen LogP contribution in [0.1, 0.15) is 19.4 Å². The number of rotatable bonds is 8. The van der Waals surface area contributed by atoms with Crippen molar-refractivity contribution in [2.24, 2.45) is 0 Å². The molecule has 0 amide bonds. The second-order valence-corrected chi connectivity index (χ2v) is 6.13. The number of sulfonamides is 1. The van der Waals surface area contributed by atoms with Gasteiger partial charge in [0.2, 0.25) is 10.0 Å². The molecule has 1 aromatic rings. The number of ether oxygens (including phenoxy) is 1. The lowest BCUT2D eigenvalue weighted by molar-refractivity contribution is -0.131. The first-order valence-corrected chi connectivity index (χ1v) is 7.96. The standard InChI is InChI=1S/C14H19NO5S/c1-3-20-11(2)10-15-21(18,19)13-7-4-12(5-8-13)6-9-14(16)17/h4-9,11,15H,3,10H2,1-2H3,(H,16,17)/b9-6+. The van der Waals surface area contributed by atoms with Gasteiger partial charge in [0.1, 0.15) is 0 Å². The monoisotopic (exact) mass is 313 g/mol. The first-order chi connectivity index (χ1) is 9.85. The molecule has 0 saturated carbocycles. The van der Waals surface area contributed by atoms with E-state index < -0.39 is 16.0 Å². The van der Waals surface area contributed by atoms with Gasteiger partial charge >= 0.3 is 5.97 Å². The Morgan fingerprint density at radius 2 is 2.00 bits per heavy atom. The Morgan fingerprint density at radius 1 is 1.38 bits per heavy atom. The first kappa shape index (κ1) is 17.4. The van der Waals surface area contributed by atoms with Crippen molar-refractivity contribution in [2.75, 3.05) is 13.2 Å². The van der Waals surface area contributed by atoms with Crippen molar-refractivity contribution in [3.8, 4) is 0 Å². The summed E-state index contributed by atoms with van der Waals surface area (Å²) in [5, 5.41) is 8.52. The normalized spacial score (nSPS) is 13.4. The molecule has 0 aliphatic carbocycles. The highest BCUT2D eigenvalue weighted by Crippen LogP contribution is 2.11. The van der Waals surface area contributed by atoms with Crippen molar-refractivity contribution in [1.82, 2.24) is 4.72 Å².